The molecule has 6 rings (SSSR count). The minimum Gasteiger partial charge on any atom is -0.253 e. The molecule has 0 aliphatic heterocycles. The fourth-order valence-electron chi connectivity index (χ4n) is 3.08. The number of aromatic nitrogens is 6. The fraction of sp³-hybridized carbons (Fsp3) is 0. The number of benzene rings is 2. The van der Waals surface area contributed by atoms with E-state index in [1.54, 1.807) is 47.5 Å². The van der Waals surface area contributed by atoms with E-state index in [0.717, 1.165) is 52.9 Å². The monoisotopic (exact) mass is 398 g/mol. The average Bonchev–Trinajstić information content (AvgIpc) is 3.32. The Hall–Kier alpha value is -3.36. The molecule has 0 atom stereocenters. The predicted molar refractivity (Wildman–Crippen MR) is 112 cm³/mol. The van der Waals surface area contributed by atoms with Gasteiger partial charge in [-0.15, -0.1) is 0 Å². The molecule has 0 amide bonds. The van der Waals surface area contributed by atoms with Gasteiger partial charge in [-0.25, -0.2) is 9.97 Å². The molecular weight excluding hydrogens is 388 g/mol. The lowest BCUT2D eigenvalue weighted by Crippen LogP contribution is -1.83. The third-order valence-electron chi connectivity index (χ3n) is 4.41. The van der Waals surface area contributed by atoms with Gasteiger partial charge >= 0.3 is 0 Å². The fourth-order valence-corrected chi connectivity index (χ4v) is 5.12. The van der Waals surface area contributed by atoms with Crippen LogP contribution >= 0.6 is 22.7 Å². The maximum absolute atomic E-state index is 4.80. The summed E-state index contributed by atoms with van der Waals surface area (Å²) < 4.78 is 0. The molecule has 0 spiro atoms. The van der Waals surface area contributed by atoms with Gasteiger partial charge in [0.2, 0.25) is 0 Å². The molecular formula is C20H10N6S2. The number of fused-ring (bicyclic) bond motifs is 3. The van der Waals surface area contributed by atoms with Gasteiger partial charge in [0.05, 0.1) is 22.1 Å². The Morgan fingerprint density at radius 2 is 0.929 bits per heavy atom. The molecule has 132 valence electrons. The van der Waals surface area contributed by atoms with Crippen molar-refractivity contribution in [2.24, 2.45) is 0 Å². The average molecular weight is 398 g/mol. The summed E-state index contributed by atoms with van der Waals surface area (Å²) >= 11 is 3.18. The van der Waals surface area contributed by atoms with Gasteiger partial charge in [-0.3, -0.25) is 19.9 Å². The molecule has 2 aromatic carbocycles. The lowest BCUT2D eigenvalue weighted by molar-refractivity contribution is 1.29. The van der Waals surface area contributed by atoms with Gasteiger partial charge < -0.3 is 0 Å². The molecule has 0 saturated heterocycles. The molecule has 0 unspecified atom stereocenters. The highest BCUT2D eigenvalue weighted by Crippen LogP contribution is 2.37. The second kappa shape index (κ2) is 6.08. The maximum atomic E-state index is 4.80. The van der Waals surface area contributed by atoms with Gasteiger partial charge in [-0.05, 0) is 36.4 Å². The third kappa shape index (κ3) is 2.54. The molecule has 28 heavy (non-hydrogen) atoms. The molecule has 0 N–H and O–H groups in total. The third-order valence-corrected chi connectivity index (χ3v) is 6.53. The largest absolute Gasteiger partial charge is 0.253 e. The molecule has 0 aliphatic carbocycles. The highest BCUT2D eigenvalue weighted by Gasteiger charge is 2.14. The minimum atomic E-state index is 0.865. The molecule has 0 bridgehead atoms. The van der Waals surface area contributed by atoms with E-state index in [4.69, 9.17) is 9.97 Å². The van der Waals surface area contributed by atoms with Crippen molar-refractivity contribution >= 4 is 54.4 Å². The van der Waals surface area contributed by atoms with Crippen molar-refractivity contribution in [2.45, 2.75) is 0 Å². The summed E-state index contributed by atoms with van der Waals surface area (Å²) in [7, 11) is 0. The van der Waals surface area contributed by atoms with E-state index in [0.29, 0.717) is 0 Å². The summed E-state index contributed by atoms with van der Waals surface area (Å²) in [6, 6.07) is 12.1. The molecule has 4 aromatic heterocycles. The summed E-state index contributed by atoms with van der Waals surface area (Å²) in [4.78, 5) is 28.9. The zero-order valence-electron chi connectivity index (χ0n) is 14.3. The number of nitrogens with zero attached hydrogens (tertiary/aromatic N) is 6. The van der Waals surface area contributed by atoms with Crippen LogP contribution in [-0.4, -0.2) is 29.9 Å². The first-order valence-corrected chi connectivity index (χ1v) is 10.2. The van der Waals surface area contributed by atoms with E-state index in [2.05, 4.69) is 19.9 Å². The Morgan fingerprint density at radius 3 is 1.39 bits per heavy atom. The standard InChI is InChI=1S/C20H10N6S2/c1-3-13-15(23-7-5-21-13)9-11(1)17-25-19-20(27-17)26-18(28-19)12-2-4-14-16(10-12)24-8-6-22-14/h1-10H. The first kappa shape index (κ1) is 15.7. The van der Waals surface area contributed by atoms with Crippen molar-refractivity contribution < 1.29 is 0 Å². The maximum Gasteiger partial charge on any atom is 0.155 e. The van der Waals surface area contributed by atoms with E-state index < -0.39 is 0 Å². The second-order valence-corrected chi connectivity index (χ2v) is 8.12. The van der Waals surface area contributed by atoms with Gasteiger partial charge in [0, 0.05) is 35.9 Å². The van der Waals surface area contributed by atoms with Crippen LogP contribution in [0.5, 0.6) is 0 Å². The summed E-state index contributed by atoms with van der Waals surface area (Å²) in [6.45, 7) is 0. The van der Waals surface area contributed by atoms with Crippen LogP contribution in [0.15, 0.2) is 61.2 Å². The van der Waals surface area contributed by atoms with E-state index in [1.807, 2.05) is 36.4 Å². The van der Waals surface area contributed by atoms with Crippen LogP contribution in [0.25, 0.3) is 52.9 Å². The summed E-state index contributed by atoms with van der Waals surface area (Å²) in [5.74, 6) is 0. The van der Waals surface area contributed by atoms with E-state index in [-0.39, 0.29) is 0 Å². The SMILES string of the molecule is c1cnc2cc(-c3nc4sc(-c5ccc6nccnc6c5)nc4s3)ccc2n1. The van der Waals surface area contributed by atoms with Crippen LogP contribution in [0.4, 0.5) is 0 Å². The molecule has 4 heterocycles. The van der Waals surface area contributed by atoms with Crippen LogP contribution in [0, 0.1) is 0 Å². The Morgan fingerprint density at radius 1 is 0.500 bits per heavy atom. The molecule has 0 aliphatic rings. The topological polar surface area (TPSA) is 77.3 Å². The van der Waals surface area contributed by atoms with Crippen molar-refractivity contribution in [2.75, 3.05) is 0 Å². The second-order valence-electron chi connectivity index (χ2n) is 6.17. The molecule has 0 fully saturated rings. The van der Waals surface area contributed by atoms with Crippen LogP contribution in [-0.2, 0) is 0 Å². The first-order valence-electron chi connectivity index (χ1n) is 8.53. The molecule has 0 radical (unpaired) electrons. The van der Waals surface area contributed by atoms with Crippen LogP contribution in [0.2, 0.25) is 0 Å². The van der Waals surface area contributed by atoms with E-state index in [1.165, 1.54) is 0 Å². The molecule has 0 saturated carbocycles. The molecule has 6 nitrogen and oxygen atoms in total. The van der Waals surface area contributed by atoms with Crippen molar-refractivity contribution in [3.05, 3.63) is 61.2 Å². The normalized spacial score (nSPS) is 11.6. The molecule has 6 aromatic rings. The minimum absolute atomic E-state index is 0.865. The van der Waals surface area contributed by atoms with E-state index >= 15 is 0 Å². The van der Waals surface area contributed by atoms with Gasteiger partial charge in [0.1, 0.15) is 10.0 Å². The van der Waals surface area contributed by atoms with Crippen LogP contribution in [0.3, 0.4) is 0 Å². The van der Waals surface area contributed by atoms with Gasteiger partial charge in [-0.1, -0.05) is 22.7 Å². The zero-order valence-corrected chi connectivity index (χ0v) is 15.9. The van der Waals surface area contributed by atoms with Crippen LogP contribution < -0.4 is 0 Å². The van der Waals surface area contributed by atoms with Crippen molar-refractivity contribution in [3.8, 4) is 21.1 Å². The predicted octanol–water partition coefficient (Wildman–Crippen LogP) is 4.97. The quantitative estimate of drug-likeness (QED) is 0.410. The number of hydrogen-bond acceptors (Lipinski definition) is 8. The number of thiazole rings is 2. The van der Waals surface area contributed by atoms with Crippen molar-refractivity contribution in [1.82, 2.24) is 29.9 Å². The lowest BCUT2D eigenvalue weighted by Gasteiger charge is -1.99. The van der Waals surface area contributed by atoms with Gasteiger partial charge in [-0.2, -0.15) is 0 Å². The van der Waals surface area contributed by atoms with Crippen LogP contribution in [0.1, 0.15) is 0 Å². The lowest BCUT2D eigenvalue weighted by atomic mass is 10.2. The Balaban J connectivity index is 1.41. The number of hydrogen-bond donors (Lipinski definition) is 0. The van der Waals surface area contributed by atoms with Crippen molar-refractivity contribution in [1.29, 1.82) is 0 Å². The highest BCUT2D eigenvalue weighted by molar-refractivity contribution is 7.29. The summed E-state index contributed by atoms with van der Waals surface area (Å²) in [5, 5.41) is 1.88. The Kier molecular flexibility index (Phi) is 3.40. The Bertz CT molecular complexity index is 1350. The summed E-state index contributed by atoms with van der Waals surface area (Å²) in [6.07, 6.45) is 6.80. The number of rotatable bonds is 2. The van der Waals surface area contributed by atoms with Crippen molar-refractivity contribution in [3.63, 3.8) is 0 Å². The summed E-state index contributed by atoms with van der Waals surface area (Å²) in [5.41, 5.74) is 5.55. The molecule has 8 heteroatoms. The Labute approximate surface area is 166 Å². The zero-order chi connectivity index (χ0) is 18.5. The smallest absolute Gasteiger partial charge is 0.155 e. The van der Waals surface area contributed by atoms with Gasteiger partial charge in [0.15, 0.2) is 9.66 Å². The highest BCUT2D eigenvalue weighted by atomic mass is 32.1. The van der Waals surface area contributed by atoms with Gasteiger partial charge in [0.25, 0.3) is 0 Å². The first-order chi connectivity index (χ1) is 13.8. The van der Waals surface area contributed by atoms with E-state index in [9.17, 15) is 0 Å².